The molecule has 1 saturated carbocycles. The molecule has 0 bridgehead atoms. The third-order valence-corrected chi connectivity index (χ3v) is 6.36. The van der Waals surface area contributed by atoms with E-state index in [0.29, 0.717) is 49.9 Å². The monoisotopic (exact) mass is 437 g/mol. The van der Waals surface area contributed by atoms with Crippen molar-refractivity contribution in [2.75, 3.05) is 32.8 Å². The van der Waals surface area contributed by atoms with Gasteiger partial charge in [-0.1, -0.05) is 32.1 Å². The van der Waals surface area contributed by atoms with Crippen molar-refractivity contribution in [1.82, 2.24) is 25.0 Å². The number of rotatable bonds is 7. The fourth-order valence-corrected chi connectivity index (χ4v) is 4.43. The summed E-state index contributed by atoms with van der Waals surface area (Å²) in [7, 11) is 0. The molecule has 0 spiro atoms. The number of hydrogen-bond acceptors (Lipinski definition) is 6. The van der Waals surface area contributed by atoms with Crippen molar-refractivity contribution in [2.45, 2.75) is 44.9 Å². The summed E-state index contributed by atoms with van der Waals surface area (Å²) in [5.74, 6) is 1.29. The number of amides is 2. The van der Waals surface area contributed by atoms with Crippen LogP contribution in [0.3, 0.4) is 0 Å². The van der Waals surface area contributed by atoms with E-state index in [-0.39, 0.29) is 18.2 Å². The lowest BCUT2D eigenvalue weighted by atomic mass is 9.87. The van der Waals surface area contributed by atoms with Crippen molar-refractivity contribution in [1.29, 1.82) is 0 Å². The third-order valence-electron chi connectivity index (χ3n) is 6.36. The molecule has 2 aromatic rings. The Kier molecular flexibility index (Phi) is 7.64. The van der Waals surface area contributed by atoms with Crippen molar-refractivity contribution in [2.24, 2.45) is 5.92 Å². The van der Waals surface area contributed by atoms with Crippen LogP contribution < -0.4 is 4.74 Å². The van der Waals surface area contributed by atoms with E-state index in [4.69, 9.17) is 4.74 Å². The van der Waals surface area contributed by atoms with Crippen molar-refractivity contribution >= 4 is 11.8 Å². The number of piperazine rings is 1. The minimum Gasteiger partial charge on any atom is -0.478 e. The van der Waals surface area contributed by atoms with Crippen LogP contribution in [-0.2, 0) is 11.2 Å². The van der Waals surface area contributed by atoms with Crippen LogP contribution in [0.1, 0.15) is 54.6 Å². The Morgan fingerprint density at radius 1 is 1.00 bits per heavy atom. The van der Waals surface area contributed by atoms with Crippen molar-refractivity contribution in [3.05, 3.63) is 47.9 Å². The molecule has 1 saturated heterocycles. The lowest BCUT2D eigenvalue weighted by molar-refractivity contribution is -0.132. The summed E-state index contributed by atoms with van der Waals surface area (Å²) < 4.78 is 5.79. The average molecular weight is 438 g/mol. The van der Waals surface area contributed by atoms with Gasteiger partial charge < -0.3 is 14.5 Å². The SMILES string of the molecule is O=C(Cc1cccnn1)N1CCN(C(=O)c2ccc(OCCC3CCCCC3)nc2)CC1. The van der Waals surface area contributed by atoms with E-state index < -0.39 is 0 Å². The molecular formula is C24H31N5O3. The second-order valence-corrected chi connectivity index (χ2v) is 8.59. The first-order valence-corrected chi connectivity index (χ1v) is 11.6. The number of carbonyl (C=O) groups is 2. The normalized spacial score (nSPS) is 17.2. The highest BCUT2D eigenvalue weighted by Gasteiger charge is 2.25. The molecule has 8 heteroatoms. The van der Waals surface area contributed by atoms with E-state index in [0.717, 1.165) is 12.3 Å². The highest BCUT2D eigenvalue weighted by Crippen LogP contribution is 2.26. The third kappa shape index (κ3) is 6.02. The lowest BCUT2D eigenvalue weighted by Gasteiger charge is -2.34. The second kappa shape index (κ2) is 11.0. The molecule has 0 radical (unpaired) electrons. The fraction of sp³-hybridized carbons (Fsp3) is 0.542. The summed E-state index contributed by atoms with van der Waals surface area (Å²) in [6.07, 6.45) is 11.1. The molecule has 4 rings (SSSR count). The Bertz CT molecular complexity index is 876. The van der Waals surface area contributed by atoms with E-state index in [2.05, 4.69) is 15.2 Å². The number of nitrogens with zero attached hydrogens (tertiary/aromatic N) is 5. The molecule has 3 heterocycles. The van der Waals surface area contributed by atoms with E-state index in [1.165, 1.54) is 32.1 Å². The first-order chi connectivity index (χ1) is 15.7. The van der Waals surface area contributed by atoms with Crippen LogP contribution in [0.5, 0.6) is 5.88 Å². The largest absolute Gasteiger partial charge is 0.478 e. The van der Waals surface area contributed by atoms with Crippen LogP contribution in [0.2, 0.25) is 0 Å². The van der Waals surface area contributed by atoms with Gasteiger partial charge in [-0.25, -0.2) is 4.98 Å². The molecule has 1 aliphatic carbocycles. The summed E-state index contributed by atoms with van der Waals surface area (Å²) in [6.45, 7) is 2.71. The molecule has 0 atom stereocenters. The zero-order valence-electron chi connectivity index (χ0n) is 18.5. The van der Waals surface area contributed by atoms with Crippen LogP contribution in [0.4, 0.5) is 0 Å². The minimum atomic E-state index is -0.0627. The second-order valence-electron chi connectivity index (χ2n) is 8.59. The summed E-state index contributed by atoms with van der Waals surface area (Å²) in [4.78, 5) is 33.2. The molecule has 1 aliphatic heterocycles. The van der Waals surface area contributed by atoms with Gasteiger partial charge in [-0.15, -0.1) is 0 Å². The van der Waals surface area contributed by atoms with Crippen LogP contribution in [-0.4, -0.2) is 69.6 Å². The van der Waals surface area contributed by atoms with E-state index >= 15 is 0 Å². The molecule has 0 aromatic carbocycles. The molecule has 2 aliphatic rings. The number of carbonyl (C=O) groups excluding carboxylic acids is 2. The summed E-state index contributed by atoms with van der Waals surface area (Å²) in [5, 5.41) is 7.77. The Balaban J connectivity index is 1.21. The van der Waals surface area contributed by atoms with Crippen molar-refractivity contribution < 1.29 is 14.3 Å². The smallest absolute Gasteiger partial charge is 0.255 e. The molecule has 2 amide bonds. The summed E-state index contributed by atoms with van der Waals surface area (Å²) in [5.41, 5.74) is 1.20. The number of pyridine rings is 1. The highest BCUT2D eigenvalue weighted by atomic mass is 16.5. The molecule has 2 fully saturated rings. The van der Waals surface area contributed by atoms with Crippen LogP contribution in [0.25, 0.3) is 0 Å². The van der Waals surface area contributed by atoms with Gasteiger partial charge in [-0.05, 0) is 30.5 Å². The number of hydrogen-bond donors (Lipinski definition) is 0. The van der Waals surface area contributed by atoms with Crippen LogP contribution in [0, 0.1) is 5.92 Å². The van der Waals surface area contributed by atoms with E-state index in [9.17, 15) is 9.59 Å². The molecule has 0 unspecified atom stereocenters. The van der Waals surface area contributed by atoms with Gasteiger partial charge in [-0.3, -0.25) is 9.59 Å². The Hall–Kier alpha value is -3.03. The topological polar surface area (TPSA) is 88.5 Å². The van der Waals surface area contributed by atoms with Crippen molar-refractivity contribution in [3.63, 3.8) is 0 Å². The molecule has 170 valence electrons. The molecular weight excluding hydrogens is 406 g/mol. The molecule has 0 N–H and O–H groups in total. The standard InChI is InChI=1S/C24H31N5O3/c30-23(17-21-7-4-11-26-27-21)28-12-14-29(15-13-28)24(31)20-8-9-22(25-18-20)32-16-10-19-5-2-1-3-6-19/h4,7-9,11,18-19H,1-3,5-6,10,12-17H2. The van der Waals surface area contributed by atoms with Gasteiger partial charge in [0.05, 0.1) is 24.3 Å². The van der Waals surface area contributed by atoms with Gasteiger partial charge in [0.15, 0.2) is 0 Å². The first-order valence-electron chi connectivity index (χ1n) is 11.6. The summed E-state index contributed by atoms with van der Waals surface area (Å²) in [6, 6.07) is 7.11. The first kappa shape index (κ1) is 22.2. The lowest BCUT2D eigenvalue weighted by Crippen LogP contribution is -2.51. The van der Waals surface area contributed by atoms with Crippen LogP contribution in [0.15, 0.2) is 36.7 Å². The Labute approximate surface area is 189 Å². The van der Waals surface area contributed by atoms with Gasteiger partial charge in [0.25, 0.3) is 5.91 Å². The maximum Gasteiger partial charge on any atom is 0.255 e. The molecule has 2 aromatic heterocycles. The van der Waals surface area contributed by atoms with Gasteiger partial charge in [-0.2, -0.15) is 10.2 Å². The van der Waals surface area contributed by atoms with Gasteiger partial charge in [0.2, 0.25) is 11.8 Å². The van der Waals surface area contributed by atoms with Gasteiger partial charge in [0, 0.05) is 44.6 Å². The van der Waals surface area contributed by atoms with Gasteiger partial charge >= 0.3 is 0 Å². The molecule has 32 heavy (non-hydrogen) atoms. The zero-order chi connectivity index (χ0) is 22.2. The predicted molar refractivity (Wildman–Crippen MR) is 119 cm³/mol. The minimum absolute atomic E-state index is 0.00833. The average Bonchev–Trinajstić information content (AvgIpc) is 2.85. The number of aromatic nitrogens is 3. The predicted octanol–water partition coefficient (Wildman–Crippen LogP) is 2.75. The quantitative estimate of drug-likeness (QED) is 0.662. The molecule has 8 nitrogen and oxygen atoms in total. The highest BCUT2D eigenvalue weighted by molar-refractivity contribution is 5.94. The van der Waals surface area contributed by atoms with E-state index in [1.54, 1.807) is 46.5 Å². The summed E-state index contributed by atoms with van der Waals surface area (Å²) >= 11 is 0. The Morgan fingerprint density at radius 2 is 1.78 bits per heavy atom. The fourth-order valence-electron chi connectivity index (χ4n) is 4.43. The maximum atomic E-state index is 12.8. The van der Waals surface area contributed by atoms with Crippen molar-refractivity contribution in [3.8, 4) is 5.88 Å². The Morgan fingerprint density at radius 3 is 2.47 bits per heavy atom. The van der Waals surface area contributed by atoms with E-state index in [1.807, 2.05) is 0 Å². The maximum absolute atomic E-state index is 12.8. The number of ether oxygens (including phenoxy) is 1. The van der Waals surface area contributed by atoms with Gasteiger partial charge in [0.1, 0.15) is 0 Å². The zero-order valence-corrected chi connectivity index (χ0v) is 18.5. The van der Waals surface area contributed by atoms with Crippen LogP contribution >= 0.6 is 0 Å².